The van der Waals surface area contributed by atoms with Gasteiger partial charge < -0.3 is 0 Å². The van der Waals surface area contributed by atoms with Crippen LogP contribution in [0.15, 0.2) is 63.1 Å². The topological polar surface area (TPSA) is 73.4 Å². The van der Waals surface area contributed by atoms with Gasteiger partial charge in [0.2, 0.25) is 0 Å². The van der Waals surface area contributed by atoms with Crippen molar-refractivity contribution in [1.29, 1.82) is 0 Å². The number of nitrogens with zero attached hydrogens (tertiary/aromatic N) is 3. The van der Waals surface area contributed by atoms with Gasteiger partial charge in [-0.1, -0.05) is 36.4 Å². The van der Waals surface area contributed by atoms with Crippen LogP contribution in [0.2, 0.25) is 0 Å². The smallest absolute Gasteiger partial charge is 0.293 e. The van der Waals surface area contributed by atoms with E-state index in [9.17, 15) is 18.8 Å². The molecule has 0 saturated heterocycles. The van der Waals surface area contributed by atoms with Gasteiger partial charge >= 0.3 is 5.69 Å². The van der Waals surface area contributed by atoms with Gasteiger partial charge in [0, 0.05) is 31.1 Å². The number of benzene rings is 2. The number of halogens is 1. The lowest BCUT2D eigenvalue weighted by Crippen LogP contribution is -2.43. The molecule has 5 rings (SSSR count). The van der Waals surface area contributed by atoms with Crippen molar-refractivity contribution < 1.29 is 9.18 Å². The maximum absolute atomic E-state index is 14.1. The SMILES string of the molecule is Cn1c2c(c(=O)n(C)c1=O)[C@H](c1cccc(F)c1)[C@H]1C(=O)c3ccccc3C1=N2. The number of aromatic nitrogens is 2. The molecular weight excluding hydrogens is 373 g/mol. The summed E-state index contributed by atoms with van der Waals surface area (Å²) in [6.45, 7) is 0. The molecule has 3 aromatic rings. The van der Waals surface area contributed by atoms with Gasteiger partial charge in [0.05, 0.1) is 17.2 Å². The van der Waals surface area contributed by atoms with Gasteiger partial charge in [-0.3, -0.25) is 18.7 Å². The summed E-state index contributed by atoms with van der Waals surface area (Å²) >= 11 is 0. The maximum Gasteiger partial charge on any atom is 0.332 e. The Morgan fingerprint density at radius 1 is 0.897 bits per heavy atom. The second-order valence-corrected chi connectivity index (χ2v) is 7.36. The summed E-state index contributed by atoms with van der Waals surface area (Å²) in [5.74, 6) is -1.89. The molecule has 0 saturated carbocycles. The molecule has 7 heteroatoms. The quantitative estimate of drug-likeness (QED) is 0.641. The number of aliphatic imine (C=N–C) groups is 1. The molecular formula is C22H16FN3O3. The summed E-state index contributed by atoms with van der Waals surface area (Å²) in [4.78, 5) is 43.5. The number of rotatable bonds is 1. The van der Waals surface area contributed by atoms with Crippen LogP contribution >= 0.6 is 0 Å². The standard InChI is InChI=1S/C22H16FN3O3/c1-25-20-17(21(28)26(2)22(25)29)15(11-6-5-7-12(23)10-11)16-18(24-20)13-8-3-4-9-14(13)19(16)27/h3-10,15-16H,1-2H3/t15-,16-/m1/s1. The molecule has 0 radical (unpaired) electrons. The number of hydrogen-bond acceptors (Lipinski definition) is 4. The van der Waals surface area contributed by atoms with Crippen LogP contribution in [0.3, 0.4) is 0 Å². The monoisotopic (exact) mass is 389 g/mol. The minimum absolute atomic E-state index is 0.157. The second kappa shape index (κ2) is 5.94. The van der Waals surface area contributed by atoms with Gasteiger partial charge in [0.25, 0.3) is 5.56 Å². The minimum atomic E-state index is -0.744. The highest BCUT2D eigenvalue weighted by molar-refractivity contribution is 6.30. The van der Waals surface area contributed by atoms with Crippen molar-refractivity contribution in [2.45, 2.75) is 5.92 Å². The summed E-state index contributed by atoms with van der Waals surface area (Å²) in [7, 11) is 2.92. The molecule has 144 valence electrons. The van der Waals surface area contributed by atoms with Crippen LogP contribution in [0.1, 0.15) is 33.0 Å². The molecule has 2 atom stereocenters. The first-order valence-electron chi connectivity index (χ1n) is 9.17. The first kappa shape index (κ1) is 17.5. The predicted molar refractivity (Wildman–Crippen MR) is 106 cm³/mol. The van der Waals surface area contributed by atoms with Crippen molar-refractivity contribution in [2.75, 3.05) is 0 Å². The van der Waals surface area contributed by atoms with E-state index in [2.05, 4.69) is 4.99 Å². The third kappa shape index (κ3) is 2.27. The molecule has 0 amide bonds. The zero-order valence-electron chi connectivity index (χ0n) is 15.7. The van der Waals surface area contributed by atoms with Crippen molar-refractivity contribution >= 4 is 17.3 Å². The maximum atomic E-state index is 14.1. The summed E-state index contributed by atoms with van der Waals surface area (Å²) in [6, 6.07) is 13.0. The van der Waals surface area contributed by atoms with Gasteiger partial charge in [-0.15, -0.1) is 0 Å². The van der Waals surface area contributed by atoms with Crippen LogP contribution in [0.5, 0.6) is 0 Å². The molecule has 1 aliphatic heterocycles. The normalized spacial score (nSPS) is 19.4. The fraction of sp³-hybridized carbons (Fsp3) is 0.182. The molecule has 0 fully saturated rings. The van der Waals surface area contributed by atoms with Gasteiger partial charge in [0.15, 0.2) is 5.78 Å². The largest absolute Gasteiger partial charge is 0.332 e. The van der Waals surface area contributed by atoms with Crippen molar-refractivity contribution in [3.63, 3.8) is 0 Å². The Hall–Kier alpha value is -3.61. The molecule has 2 heterocycles. The molecule has 0 spiro atoms. The lowest BCUT2D eigenvalue weighted by molar-refractivity contribution is 0.0953. The molecule has 1 aromatic heterocycles. The van der Waals surface area contributed by atoms with E-state index in [1.54, 1.807) is 30.3 Å². The van der Waals surface area contributed by atoms with Crippen LogP contribution < -0.4 is 11.2 Å². The summed E-state index contributed by atoms with van der Waals surface area (Å²) in [5.41, 5.74) is 1.41. The predicted octanol–water partition coefficient (Wildman–Crippen LogP) is 2.30. The summed E-state index contributed by atoms with van der Waals surface area (Å²) in [6.07, 6.45) is 0. The van der Waals surface area contributed by atoms with Gasteiger partial charge in [0.1, 0.15) is 11.6 Å². The first-order valence-corrected chi connectivity index (χ1v) is 9.17. The number of hydrogen-bond donors (Lipinski definition) is 0. The average molecular weight is 389 g/mol. The molecule has 0 unspecified atom stereocenters. The zero-order chi connectivity index (χ0) is 20.4. The number of carbonyl (C=O) groups is 1. The Morgan fingerprint density at radius 2 is 1.62 bits per heavy atom. The lowest BCUT2D eigenvalue weighted by atomic mass is 9.76. The summed E-state index contributed by atoms with van der Waals surface area (Å²) in [5, 5.41) is 0. The fourth-order valence-electron chi connectivity index (χ4n) is 4.43. The zero-order valence-corrected chi connectivity index (χ0v) is 15.7. The summed E-state index contributed by atoms with van der Waals surface area (Å²) < 4.78 is 16.4. The molecule has 0 N–H and O–H groups in total. The van der Waals surface area contributed by atoms with Crippen molar-refractivity contribution in [3.05, 3.63) is 97.4 Å². The Labute approximate surface area is 164 Å². The number of carbonyl (C=O) groups excluding carboxylic acids is 1. The molecule has 2 aliphatic rings. The van der Waals surface area contributed by atoms with E-state index in [1.807, 2.05) is 6.07 Å². The molecule has 2 aromatic carbocycles. The van der Waals surface area contributed by atoms with Crippen molar-refractivity contribution in [2.24, 2.45) is 25.0 Å². The third-order valence-corrected chi connectivity index (χ3v) is 5.79. The van der Waals surface area contributed by atoms with Crippen LogP contribution in [0.4, 0.5) is 10.2 Å². The Kier molecular flexibility index (Phi) is 3.58. The number of fused-ring (bicyclic) bond motifs is 4. The van der Waals surface area contributed by atoms with E-state index in [-0.39, 0.29) is 17.2 Å². The Balaban J connectivity index is 1.92. The highest BCUT2D eigenvalue weighted by Crippen LogP contribution is 2.46. The minimum Gasteiger partial charge on any atom is -0.293 e. The van der Waals surface area contributed by atoms with Crippen molar-refractivity contribution in [3.8, 4) is 0 Å². The van der Waals surface area contributed by atoms with E-state index in [0.717, 1.165) is 4.57 Å². The molecule has 0 bridgehead atoms. The van der Waals surface area contributed by atoms with E-state index in [0.29, 0.717) is 22.4 Å². The lowest BCUT2D eigenvalue weighted by Gasteiger charge is -2.29. The van der Waals surface area contributed by atoms with E-state index >= 15 is 0 Å². The van der Waals surface area contributed by atoms with Gasteiger partial charge in [-0.05, 0) is 17.7 Å². The van der Waals surface area contributed by atoms with Crippen LogP contribution in [0, 0.1) is 11.7 Å². The number of ketones is 1. The van der Waals surface area contributed by atoms with E-state index < -0.39 is 28.9 Å². The van der Waals surface area contributed by atoms with Crippen molar-refractivity contribution in [1.82, 2.24) is 9.13 Å². The molecule has 1 aliphatic carbocycles. The second-order valence-electron chi connectivity index (χ2n) is 7.36. The van der Waals surface area contributed by atoms with E-state index in [1.165, 1.54) is 30.8 Å². The average Bonchev–Trinajstić information content (AvgIpc) is 3.01. The Bertz CT molecular complexity index is 1370. The Morgan fingerprint density at radius 3 is 2.34 bits per heavy atom. The van der Waals surface area contributed by atoms with E-state index in [4.69, 9.17) is 0 Å². The van der Waals surface area contributed by atoms with Gasteiger partial charge in [-0.25, -0.2) is 14.2 Å². The highest BCUT2D eigenvalue weighted by Gasteiger charge is 2.47. The highest BCUT2D eigenvalue weighted by atomic mass is 19.1. The van der Waals surface area contributed by atoms with Crippen LogP contribution in [-0.2, 0) is 14.1 Å². The third-order valence-electron chi connectivity index (χ3n) is 5.79. The fourth-order valence-corrected chi connectivity index (χ4v) is 4.43. The molecule has 29 heavy (non-hydrogen) atoms. The van der Waals surface area contributed by atoms with Crippen LogP contribution in [-0.4, -0.2) is 20.6 Å². The van der Waals surface area contributed by atoms with Crippen LogP contribution in [0.25, 0.3) is 0 Å². The number of Topliss-reactive ketones (excluding diaryl/α,β-unsaturated/α-hetero) is 1. The molecule has 6 nitrogen and oxygen atoms in total. The first-order chi connectivity index (χ1) is 13.9. The van der Waals surface area contributed by atoms with Gasteiger partial charge in [-0.2, -0.15) is 0 Å².